The third-order valence-corrected chi connectivity index (χ3v) is 3.30. The molecule has 4 nitrogen and oxygen atoms in total. The summed E-state index contributed by atoms with van der Waals surface area (Å²) in [5.74, 6) is 1.41. The SMILES string of the molecule is COc1cc(CC#N)c(N2CCCC2)cc1OC. The summed E-state index contributed by atoms with van der Waals surface area (Å²) in [6.07, 6.45) is 2.81. The molecule has 96 valence electrons. The number of methoxy groups -OCH3 is 2. The quantitative estimate of drug-likeness (QED) is 0.818. The Labute approximate surface area is 108 Å². The summed E-state index contributed by atoms with van der Waals surface area (Å²) in [4.78, 5) is 2.31. The van der Waals surface area contributed by atoms with Crippen LogP contribution in [-0.4, -0.2) is 27.3 Å². The molecule has 0 unspecified atom stereocenters. The van der Waals surface area contributed by atoms with Crippen LogP contribution in [-0.2, 0) is 6.42 Å². The highest BCUT2D eigenvalue weighted by Gasteiger charge is 2.18. The van der Waals surface area contributed by atoms with Gasteiger partial charge in [0.1, 0.15) is 0 Å². The van der Waals surface area contributed by atoms with Crippen molar-refractivity contribution in [2.75, 3.05) is 32.2 Å². The molecule has 4 heteroatoms. The van der Waals surface area contributed by atoms with Crippen molar-refractivity contribution in [3.05, 3.63) is 17.7 Å². The van der Waals surface area contributed by atoms with Crippen molar-refractivity contribution in [2.24, 2.45) is 0 Å². The van der Waals surface area contributed by atoms with Gasteiger partial charge in [0, 0.05) is 24.8 Å². The Balaban J connectivity index is 2.44. The zero-order chi connectivity index (χ0) is 13.0. The zero-order valence-electron chi connectivity index (χ0n) is 10.9. The third kappa shape index (κ3) is 2.35. The van der Waals surface area contributed by atoms with E-state index in [1.807, 2.05) is 12.1 Å². The van der Waals surface area contributed by atoms with Gasteiger partial charge >= 0.3 is 0 Å². The van der Waals surface area contributed by atoms with E-state index in [4.69, 9.17) is 14.7 Å². The van der Waals surface area contributed by atoms with E-state index in [-0.39, 0.29) is 0 Å². The number of ether oxygens (including phenoxy) is 2. The minimum atomic E-state index is 0.395. The van der Waals surface area contributed by atoms with Crippen LogP contribution in [0.1, 0.15) is 18.4 Å². The summed E-state index contributed by atoms with van der Waals surface area (Å²) in [6.45, 7) is 2.10. The smallest absolute Gasteiger partial charge is 0.162 e. The Bertz CT molecular complexity index is 460. The second-order valence-corrected chi connectivity index (χ2v) is 4.36. The highest BCUT2D eigenvalue weighted by molar-refractivity contribution is 5.63. The van der Waals surface area contributed by atoms with Gasteiger partial charge in [0.05, 0.1) is 26.7 Å². The summed E-state index contributed by atoms with van der Waals surface area (Å²) in [5.41, 5.74) is 2.11. The van der Waals surface area contributed by atoms with Crippen LogP contribution in [0.3, 0.4) is 0 Å². The molecule has 1 aromatic carbocycles. The van der Waals surface area contributed by atoms with E-state index < -0.39 is 0 Å². The molecule has 0 atom stereocenters. The van der Waals surface area contributed by atoms with Crippen LogP contribution in [0.2, 0.25) is 0 Å². The zero-order valence-corrected chi connectivity index (χ0v) is 10.9. The first-order chi connectivity index (χ1) is 8.80. The molecular formula is C14H18N2O2. The highest BCUT2D eigenvalue weighted by Crippen LogP contribution is 2.36. The lowest BCUT2D eigenvalue weighted by Gasteiger charge is -2.22. The highest BCUT2D eigenvalue weighted by atomic mass is 16.5. The maximum Gasteiger partial charge on any atom is 0.162 e. The molecule has 18 heavy (non-hydrogen) atoms. The molecule has 0 bridgehead atoms. The Kier molecular flexibility index (Phi) is 3.93. The molecule has 0 spiro atoms. The molecule has 0 aliphatic carbocycles. The fourth-order valence-electron chi connectivity index (χ4n) is 2.39. The number of hydrogen-bond donors (Lipinski definition) is 0. The molecule has 0 radical (unpaired) electrons. The van der Waals surface area contributed by atoms with Crippen LogP contribution < -0.4 is 14.4 Å². The number of benzene rings is 1. The van der Waals surface area contributed by atoms with Crippen molar-refractivity contribution < 1.29 is 9.47 Å². The van der Waals surface area contributed by atoms with Crippen molar-refractivity contribution >= 4 is 5.69 Å². The summed E-state index contributed by atoms with van der Waals surface area (Å²) in [6, 6.07) is 6.11. The second-order valence-electron chi connectivity index (χ2n) is 4.36. The average molecular weight is 246 g/mol. The van der Waals surface area contributed by atoms with Gasteiger partial charge in [-0.2, -0.15) is 5.26 Å². The van der Waals surface area contributed by atoms with E-state index in [2.05, 4.69) is 11.0 Å². The number of rotatable bonds is 4. The van der Waals surface area contributed by atoms with Gasteiger partial charge in [-0.15, -0.1) is 0 Å². The van der Waals surface area contributed by atoms with Gasteiger partial charge in [-0.3, -0.25) is 0 Å². The summed E-state index contributed by atoms with van der Waals surface area (Å²) in [5, 5.41) is 8.94. The molecule has 2 rings (SSSR count). The maximum atomic E-state index is 8.94. The molecule has 1 aromatic rings. The van der Waals surface area contributed by atoms with Crippen LogP contribution in [0.25, 0.3) is 0 Å². The van der Waals surface area contributed by atoms with E-state index in [9.17, 15) is 0 Å². The minimum absolute atomic E-state index is 0.395. The second kappa shape index (κ2) is 5.63. The molecule has 0 saturated carbocycles. The molecule has 1 fully saturated rings. The number of nitriles is 1. The average Bonchev–Trinajstić information content (AvgIpc) is 2.92. The monoisotopic (exact) mass is 246 g/mol. The van der Waals surface area contributed by atoms with Crippen molar-refractivity contribution in [2.45, 2.75) is 19.3 Å². The van der Waals surface area contributed by atoms with Gasteiger partial charge < -0.3 is 14.4 Å². The van der Waals surface area contributed by atoms with E-state index in [1.165, 1.54) is 12.8 Å². The molecule has 0 aromatic heterocycles. The molecule has 1 aliphatic rings. The first kappa shape index (κ1) is 12.6. The largest absolute Gasteiger partial charge is 0.493 e. The Morgan fingerprint density at radius 2 is 1.78 bits per heavy atom. The van der Waals surface area contributed by atoms with Crippen molar-refractivity contribution in [1.82, 2.24) is 0 Å². The van der Waals surface area contributed by atoms with Gasteiger partial charge in [0.2, 0.25) is 0 Å². The Hall–Kier alpha value is -1.89. The predicted octanol–water partition coefficient (Wildman–Crippen LogP) is 2.37. The minimum Gasteiger partial charge on any atom is -0.493 e. The topological polar surface area (TPSA) is 45.5 Å². The molecule has 0 N–H and O–H groups in total. The van der Waals surface area contributed by atoms with Gasteiger partial charge in [0.25, 0.3) is 0 Å². The van der Waals surface area contributed by atoms with Gasteiger partial charge in [0.15, 0.2) is 11.5 Å². The number of nitrogens with zero attached hydrogens (tertiary/aromatic N) is 2. The first-order valence-electron chi connectivity index (χ1n) is 6.17. The Morgan fingerprint density at radius 1 is 1.17 bits per heavy atom. The standard InChI is InChI=1S/C14H18N2O2/c1-17-13-9-11(5-6-15)12(10-14(13)18-2)16-7-3-4-8-16/h9-10H,3-5,7-8H2,1-2H3. The molecular weight excluding hydrogens is 228 g/mol. The van der Waals surface area contributed by atoms with Gasteiger partial charge in [-0.1, -0.05) is 0 Å². The third-order valence-electron chi connectivity index (χ3n) is 3.30. The number of anilines is 1. The maximum absolute atomic E-state index is 8.94. The lowest BCUT2D eigenvalue weighted by molar-refractivity contribution is 0.354. The summed E-state index contributed by atoms with van der Waals surface area (Å²) in [7, 11) is 3.25. The van der Waals surface area contributed by atoms with Crippen molar-refractivity contribution in [3.63, 3.8) is 0 Å². The van der Waals surface area contributed by atoms with Crippen molar-refractivity contribution in [1.29, 1.82) is 5.26 Å². The van der Waals surface area contributed by atoms with Gasteiger partial charge in [-0.25, -0.2) is 0 Å². The lowest BCUT2D eigenvalue weighted by Crippen LogP contribution is -2.19. The van der Waals surface area contributed by atoms with E-state index in [0.717, 1.165) is 30.1 Å². The summed E-state index contributed by atoms with van der Waals surface area (Å²) < 4.78 is 10.6. The van der Waals surface area contributed by atoms with E-state index in [0.29, 0.717) is 12.2 Å². The first-order valence-corrected chi connectivity index (χ1v) is 6.17. The molecule has 0 amide bonds. The predicted molar refractivity (Wildman–Crippen MR) is 70.3 cm³/mol. The number of hydrogen-bond acceptors (Lipinski definition) is 4. The summed E-state index contributed by atoms with van der Waals surface area (Å²) >= 11 is 0. The molecule has 1 aliphatic heterocycles. The fourth-order valence-corrected chi connectivity index (χ4v) is 2.39. The van der Waals surface area contributed by atoms with Crippen molar-refractivity contribution in [3.8, 4) is 17.6 Å². The van der Waals surface area contributed by atoms with E-state index >= 15 is 0 Å². The van der Waals surface area contributed by atoms with Crippen LogP contribution in [0.5, 0.6) is 11.5 Å². The van der Waals surface area contributed by atoms with Gasteiger partial charge in [-0.05, 0) is 24.5 Å². The van der Waals surface area contributed by atoms with Crippen LogP contribution in [0.4, 0.5) is 5.69 Å². The fraction of sp³-hybridized carbons (Fsp3) is 0.500. The van der Waals surface area contributed by atoms with Crippen LogP contribution >= 0.6 is 0 Å². The van der Waals surface area contributed by atoms with Crippen LogP contribution in [0.15, 0.2) is 12.1 Å². The molecule has 1 heterocycles. The normalized spacial score (nSPS) is 14.4. The van der Waals surface area contributed by atoms with Crippen LogP contribution in [0, 0.1) is 11.3 Å². The lowest BCUT2D eigenvalue weighted by atomic mass is 10.1. The Morgan fingerprint density at radius 3 is 2.33 bits per heavy atom. The molecule has 1 saturated heterocycles. The van der Waals surface area contributed by atoms with E-state index in [1.54, 1.807) is 14.2 Å².